The van der Waals surface area contributed by atoms with Gasteiger partial charge in [-0.1, -0.05) is 26.5 Å². The lowest BCUT2D eigenvalue weighted by atomic mass is 10.1. The average Bonchev–Trinajstić information content (AvgIpc) is 3.40. The molecule has 10 nitrogen and oxygen atoms in total. The van der Waals surface area contributed by atoms with E-state index in [0.717, 1.165) is 28.7 Å². The van der Waals surface area contributed by atoms with Crippen molar-refractivity contribution in [2.24, 2.45) is 16.5 Å². The standard InChI is InChI=1S/C30H34N8O2.C2H6/c1-3-33-24-12-9-21(10-13-24)28-36-26-19-22(29(40)37(2)18-15-23-7-4-5-16-34-23)11-14-27(26)38(28)25(20-39)8-6-17-35-30(31)32;1-2/h3-5,7,9-14,16,19-20,25,33H,1,6,8,15,17-18H2,2H3,(H4,31,32,35);1-2H3. The molecule has 0 bridgehead atoms. The van der Waals surface area contributed by atoms with Crippen LogP contribution in [0.15, 0.2) is 84.6 Å². The van der Waals surface area contributed by atoms with E-state index in [9.17, 15) is 9.59 Å². The summed E-state index contributed by atoms with van der Waals surface area (Å²) in [5, 5.41) is 3.06. The van der Waals surface area contributed by atoms with Crippen molar-refractivity contribution < 1.29 is 9.59 Å². The number of hydrogen-bond donors (Lipinski definition) is 3. The maximum atomic E-state index is 13.3. The summed E-state index contributed by atoms with van der Waals surface area (Å²) >= 11 is 0. The van der Waals surface area contributed by atoms with Crippen LogP contribution in [0.1, 0.15) is 48.8 Å². The maximum absolute atomic E-state index is 13.3. The number of hydrogen-bond acceptors (Lipinski definition) is 6. The number of amides is 1. The molecular weight excluding hydrogens is 528 g/mol. The zero-order chi connectivity index (χ0) is 30.5. The molecule has 0 aliphatic heterocycles. The molecule has 0 aliphatic carbocycles. The van der Waals surface area contributed by atoms with E-state index in [1.165, 1.54) is 0 Å². The zero-order valence-corrected chi connectivity index (χ0v) is 24.5. The van der Waals surface area contributed by atoms with Gasteiger partial charge in [-0.25, -0.2) is 4.98 Å². The number of rotatable bonds is 13. The van der Waals surface area contributed by atoms with Gasteiger partial charge in [-0.15, -0.1) is 0 Å². The topological polar surface area (TPSA) is 145 Å². The van der Waals surface area contributed by atoms with Gasteiger partial charge in [0.1, 0.15) is 12.1 Å². The molecule has 0 radical (unpaired) electrons. The summed E-state index contributed by atoms with van der Waals surface area (Å²) in [4.78, 5) is 40.5. The number of nitrogens with zero attached hydrogens (tertiary/aromatic N) is 5. The molecule has 1 atom stereocenters. The summed E-state index contributed by atoms with van der Waals surface area (Å²) in [5.74, 6) is 0.539. The first-order chi connectivity index (χ1) is 20.4. The molecule has 5 N–H and O–H groups in total. The van der Waals surface area contributed by atoms with E-state index in [-0.39, 0.29) is 11.9 Å². The number of benzene rings is 2. The van der Waals surface area contributed by atoms with Crippen LogP contribution in [0.2, 0.25) is 0 Å². The molecule has 1 unspecified atom stereocenters. The molecule has 0 aliphatic rings. The number of fused-ring (bicyclic) bond motifs is 1. The normalized spacial score (nSPS) is 11.1. The summed E-state index contributed by atoms with van der Waals surface area (Å²) in [6.07, 6.45) is 6.05. The summed E-state index contributed by atoms with van der Waals surface area (Å²) in [7, 11) is 1.78. The van der Waals surface area contributed by atoms with Gasteiger partial charge in [-0.3, -0.25) is 14.8 Å². The van der Waals surface area contributed by atoms with Gasteiger partial charge >= 0.3 is 0 Å². The third-order valence-corrected chi connectivity index (χ3v) is 6.57. The van der Waals surface area contributed by atoms with Crippen LogP contribution < -0.4 is 16.8 Å². The number of likely N-dealkylation sites (N-methyl/N-ethyl adjacent to an activating group) is 1. The van der Waals surface area contributed by atoms with Gasteiger partial charge in [0.25, 0.3) is 5.91 Å². The van der Waals surface area contributed by atoms with E-state index >= 15 is 0 Å². The number of carbonyl (C=O) groups is 2. The lowest BCUT2D eigenvalue weighted by Gasteiger charge is -2.18. The Morgan fingerprint density at radius 2 is 1.90 bits per heavy atom. The van der Waals surface area contributed by atoms with Crippen molar-refractivity contribution in [3.05, 3.63) is 90.9 Å². The second kappa shape index (κ2) is 15.7. The van der Waals surface area contributed by atoms with Gasteiger partial charge in [-0.05, 0) is 73.6 Å². The SMILES string of the molecule is C=CNc1ccc(-c2nc3cc(C(=O)N(C)CCc4ccccn4)ccc3n2C(C=O)CCCN=C(N)N)cc1.CC. The highest BCUT2D eigenvalue weighted by atomic mass is 16.2. The summed E-state index contributed by atoms with van der Waals surface area (Å²) < 4.78 is 1.92. The Balaban J connectivity index is 0.00000237. The molecule has 4 aromatic rings. The quantitative estimate of drug-likeness (QED) is 0.0910. The Morgan fingerprint density at radius 1 is 1.14 bits per heavy atom. The van der Waals surface area contributed by atoms with Crippen molar-refractivity contribution in [2.75, 3.05) is 25.5 Å². The fourth-order valence-electron chi connectivity index (χ4n) is 4.52. The van der Waals surface area contributed by atoms with Crippen LogP contribution >= 0.6 is 0 Å². The number of aliphatic imine (C=N–C) groups is 1. The molecule has 0 fully saturated rings. The van der Waals surface area contributed by atoms with Gasteiger partial charge in [0.2, 0.25) is 0 Å². The Kier molecular flexibility index (Phi) is 11.8. The minimum absolute atomic E-state index is 0.0202. The van der Waals surface area contributed by atoms with Gasteiger partial charge < -0.3 is 31.0 Å². The predicted octanol–water partition coefficient (Wildman–Crippen LogP) is 4.79. The van der Waals surface area contributed by atoms with E-state index in [0.29, 0.717) is 49.3 Å². The van der Waals surface area contributed by atoms with Crippen LogP contribution in [0, 0.1) is 0 Å². The fourth-order valence-corrected chi connectivity index (χ4v) is 4.52. The number of carbonyl (C=O) groups excluding carboxylic acids is 2. The molecule has 2 aromatic heterocycles. The molecule has 4 rings (SSSR count). The first-order valence-corrected chi connectivity index (χ1v) is 14.1. The van der Waals surface area contributed by atoms with Crippen molar-refractivity contribution in [1.29, 1.82) is 0 Å². The Morgan fingerprint density at radius 3 is 2.55 bits per heavy atom. The van der Waals surface area contributed by atoms with E-state index < -0.39 is 6.04 Å². The van der Waals surface area contributed by atoms with Crippen LogP contribution in [0.4, 0.5) is 5.69 Å². The number of aromatic nitrogens is 3. The van der Waals surface area contributed by atoms with Crippen molar-refractivity contribution in [2.45, 2.75) is 39.2 Å². The Hall–Kier alpha value is -4.99. The summed E-state index contributed by atoms with van der Waals surface area (Å²) in [5.41, 5.74) is 15.5. The van der Waals surface area contributed by atoms with E-state index in [1.807, 2.05) is 66.9 Å². The molecule has 0 spiro atoms. The van der Waals surface area contributed by atoms with Crippen LogP contribution in [0.5, 0.6) is 0 Å². The van der Waals surface area contributed by atoms with Crippen molar-refractivity contribution in [1.82, 2.24) is 19.4 Å². The molecule has 10 heteroatoms. The minimum Gasteiger partial charge on any atom is -0.370 e. The molecule has 1 amide bonds. The summed E-state index contributed by atoms with van der Waals surface area (Å²) in [6, 6.07) is 18.4. The first-order valence-electron chi connectivity index (χ1n) is 14.1. The van der Waals surface area contributed by atoms with Crippen LogP contribution in [0.3, 0.4) is 0 Å². The number of aldehydes is 1. The lowest BCUT2D eigenvalue weighted by molar-refractivity contribution is -0.110. The molecule has 0 saturated carbocycles. The van der Waals surface area contributed by atoms with Crippen LogP contribution in [-0.2, 0) is 11.2 Å². The zero-order valence-electron chi connectivity index (χ0n) is 24.5. The number of pyridine rings is 1. The maximum Gasteiger partial charge on any atom is 0.253 e. The van der Waals surface area contributed by atoms with Crippen LogP contribution in [0.25, 0.3) is 22.4 Å². The van der Waals surface area contributed by atoms with E-state index in [4.69, 9.17) is 16.5 Å². The number of imidazole rings is 1. The smallest absolute Gasteiger partial charge is 0.253 e. The monoisotopic (exact) mass is 568 g/mol. The first kappa shape index (κ1) is 31.5. The Labute approximate surface area is 247 Å². The minimum atomic E-state index is -0.497. The predicted molar refractivity (Wildman–Crippen MR) is 170 cm³/mol. The molecule has 2 aromatic carbocycles. The van der Waals surface area contributed by atoms with Gasteiger partial charge in [0.05, 0.1) is 17.1 Å². The highest BCUT2D eigenvalue weighted by Gasteiger charge is 2.22. The van der Waals surface area contributed by atoms with Gasteiger partial charge in [0, 0.05) is 55.3 Å². The third-order valence-electron chi connectivity index (χ3n) is 6.57. The van der Waals surface area contributed by atoms with Crippen molar-refractivity contribution >= 4 is 34.9 Å². The number of nitrogens with one attached hydrogen (secondary N) is 1. The Bertz CT molecular complexity index is 1490. The summed E-state index contributed by atoms with van der Waals surface area (Å²) in [6.45, 7) is 8.64. The van der Waals surface area contributed by atoms with E-state index in [1.54, 1.807) is 36.5 Å². The molecular formula is C32H40N8O2. The lowest BCUT2D eigenvalue weighted by Crippen LogP contribution is -2.29. The molecule has 0 saturated heterocycles. The number of guanidine groups is 1. The van der Waals surface area contributed by atoms with Gasteiger partial charge in [-0.2, -0.15) is 0 Å². The van der Waals surface area contributed by atoms with E-state index in [2.05, 4.69) is 21.9 Å². The molecule has 220 valence electrons. The van der Waals surface area contributed by atoms with Crippen LogP contribution in [-0.4, -0.2) is 57.7 Å². The fraction of sp³-hybridized carbons (Fsp3) is 0.281. The third kappa shape index (κ3) is 8.03. The highest BCUT2D eigenvalue weighted by molar-refractivity contribution is 5.98. The number of nitrogens with two attached hydrogens (primary N) is 2. The highest BCUT2D eigenvalue weighted by Crippen LogP contribution is 2.31. The average molecular weight is 569 g/mol. The molecule has 42 heavy (non-hydrogen) atoms. The van der Waals surface area contributed by atoms with Crippen molar-refractivity contribution in [3.63, 3.8) is 0 Å². The second-order valence-electron chi connectivity index (χ2n) is 9.38. The van der Waals surface area contributed by atoms with Crippen molar-refractivity contribution in [3.8, 4) is 11.4 Å². The largest absolute Gasteiger partial charge is 0.370 e. The van der Waals surface area contributed by atoms with Gasteiger partial charge in [0.15, 0.2) is 5.96 Å². The molecule has 2 heterocycles. The second-order valence-corrected chi connectivity index (χ2v) is 9.38. The number of anilines is 1.